The Morgan fingerprint density at radius 3 is 2.74 bits per heavy atom. The molecule has 0 unspecified atom stereocenters. The Labute approximate surface area is 116 Å². The highest BCUT2D eigenvalue weighted by atomic mass is 32.2. The van der Waals surface area contributed by atoms with Crippen LogP contribution in [0.5, 0.6) is 5.75 Å². The summed E-state index contributed by atoms with van der Waals surface area (Å²) in [5.74, 6) is 5.83. The van der Waals surface area contributed by atoms with Crippen LogP contribution in [-0.4, -0.2) is 23.8 Å². The van der Waals surface area contributed by atoms with Gasteiger partial charge in [-0.05, 0) is 50.1 Å². The second-order valence-corrected chi connectivity index (χ2v) is 4.52. The molecule has 0 saturated carbocycles. The maximum absolute atomic E-state index is 11.1. The smallest absolute Gasteiger partial charge is 0.261 e. The molecular formula is C13H16N2O3S. The fourth-order valence-electron chi connectivity index (χ4n) is 1.10. The van der Waals surface area contributed by atoms with Crippen molar-refractivity contribution in [2.45, 2.75) is 24.8 Å². The second-order valence-electron chi connectivity index (χ2n) is 3.60. The van der Waals surface area contributed by atoms with Gasteiger partial charge in [-0.25, -0.2) is 10.2 Å². The van der Waals surface area contributed by atoms with Crippen molar-refractivity contribution in [3.05, 3.63) is 24.3 Å². The van der Waals surface area contributed by atoms with Crippen molar-refractivity contribution in [1.29, 1.82) is 0 Å². The molecule has 1 aromatic rings. The molecule has 0 aromatic heterocycles. The maximum Gasteiger partial charge on any atom is 0.261 e. The number of amides is 1. The number of rotatable bonds is 6. The summed E-state index contributed by atoms with van der Waals surface area (Å²) >= 11 is 1.30. The van der Waals surface area contributed by atoms with Gasteiger partial charge in [0.1, 0.15) is 12.4 Å². The fraction of sp³-hybridized carbons (Fsp3) is 0.308. The van der Waals surface area contributed by atoms with E-state index >= 15 is 0 Å². The van der Waals surface area contributed by atoms with Crippen LogP contribution in [0, 0.1) is 11.8 Å². The molecule has 1 aromatic carbocycles. The maximum atomic E-state index is 11.1. The van der Waals surface area contributed by atoms with Gasteiger partial charge in [0, 0.05) is 4.90 Å². The number of hydrogen-bond acceptors (Lipinski definition) is 5. The summed E-state index contributed by atoms with van der Waals surface area (Å²) in [6, 6.07) is 6.91. The molecule has 102 valence electrons. The average molecular weight is 280 g/mol. The quantitative estimate of drug-likeness (QED) is 0.319. The van der Waals surface area contributed by atoms with Gasteiger partial charge in [-0.1, -0.05) is 5.92 Å². The number of ether oxygens (including phenoxy) is 1. The minimum absolute atomic E-state index is 0.370. The van der Waals surface area contributed by atoms with Crippen LogP contribution in [0.3, 0.4) is 0 Å². The Hall–Kier alpha value is -1.68. The first-order valence-electron chi connectivity index (χ1n) is 5.66. The van der Waals surface area contributed by atoms with Crippen molar-refractivity contribution in [2.24, 2.45) is 0 Å². The zero-order chi connectivity index (χ0) is 14.1. The van der Waals surface area contributed by atoms with Gasteiger partial charge in [-0.2, -0.15) is 0 Å². The third kappa shape index (κ3) is 5.66. The summed E-state index contributed by atoms with van der Waals surface area (Å²) in [6.45, 7) is 3.78. The average Bonchev–Trinajstić information content (AvgIpc) is 2.45. The van der Waals surface area contributed by atoms with E-state index in [2.05, 4.69) is 16.6 Å². The molecule has 1 rings (SSSR count). The Balaban J connectivity index is 2.43. The molecule has 5 nitrogen and oxygen atoms in total. The second kappa shape index (κ2) is 8.43. The van der Waals surface area contributed by atoms with E-state index in [0.29, 0.717) is 6.61 Å². The third-order valence-electron chi connectivity index (χ3n) is 2.17. The van der Waals surface area contributed by atoms with Crippen LogP contribution >= 0.6 is 11.9 Å². The van der Waals surface area contributed by atoms with Gasteiger partial charge in [0.15, 0.2) is 0 Å². The Kier molecular flexibility index (Phi) is 6.82. The molecule has 0 aliphatic rings. The molecule has 0 aliphatic carbocycles. The van der Waals surface area contributed by atoms with E-state index in [1.807, 2.05) is 24.3 Å². The van der Waals surface area contributed by atoms with Crippen LogP contribution < -0.4 is 14.9 Å². The first-order chi connectivity index (χ1) is 9.17. The first kappa shape index (κ1) is 15.4. The summed E-state index contributed by atoms with van der Waals surface area (Å²) in [6.07, 6.45) is 0. The van der Waals surface area contributed by atoms with Gasteiger partial charge in [0.2, 0.25) is 0 Å². The van der Waals surface area contributed by atoms with Gasteiger partial charge >= 0.3 is 0 Å². The first-order valence-corrected chi connectivity index (χ1v) is 6.47. The predicted octanol–water partition coefficient (Wildman–Crippen LogP) is 1.58. The summed E-state index contributed by atoms with van der Waals surface area (Å²) in [5.41, 5.74) is 1.59. The molecule has 0 bridgehead atoms. The lowest BCUT2D eigenvalue weighted by Gasteiger charge is -2.10. The van der Waals surface area contributed by atoms with Crippen molar-refractivity contribution in [2.75, 3.05) is 6.61 Å². The Morgan fingerprint density at radius 1 is 1.47 bits per heavy atom. The highest BCUT2D eigenvalue weighted by molar-refractivity contribution is 7.97. The van der Waals surface area contributed by atoms with Gasteiger partial charge in [0.05, 0.1) is 6.04 Å². The molecule has 19 heavy (non-hydrogen) atoms. The lowest BCUT2D eigenvalue weighted by molar-refractivity contribution is -0.130. The van der Waals surface area contributed by atoms with Crippen LogP contribution in [-0.2, 0) is 4.79 Å². The van der Waals surface area contributed by atoms with Crippen molar-refractivity contribution in [3.63, 3.8) is 0 Å². The molecule has 1 atom stereocenters. The number of carbonyl (C=O) groups excluding carboxylic acids is 1. The van der Waals surface area contributed by atoms with Gasteiger partial charge in [0.25, 0.3) is 5.91 Å². The van der Waals surface area contributed by atoms with Crippen molar-refractivity contribution in [1.82, 2.24) is 10.2 Å². The molecule has 0 aliphatic heterocycles. The number of benzene rings is 1. The summed E-state index contributed by atoms with van der Waals surface area (Å²) in [4.78, 5) is 12.0. The molecule has 0 heterocycles. The van der Waals surface area contributed by atoms with Crippen LogP contribution in [0.1, 0.15) is 13.8 Å². The van der Waals surface area contributed by atoms with E-state index in [9.17, 15) is 4.79 Å². The van der Waals surface area contributed by atoms with Crippen LogP contribution in [0.25, 0.3) is 0 Å². The predicted molar refractivity (Wildman–Crippen MR) is 73.8 cm³/mol. The molecule has 3 N–H and O–H groups in total. The molecule has 0 radical (unpaired) electrons. The monoisotopic (exact) mass is 280 g/mol. The molecular weight excluding hydrogens is 264 g/mol. The molecule has 0 spiro atoms. The number of carbonyl (C=O) groups is 1. The van der Waals surface area contributed by atoms with Gasteiger partial charge in [-0.3, -0.25) is 10.0 Å². The highest BCUT2D eigenvalue weighted by Gasteiger charge is 2.10. The standard InChI is InChI=1S/C13H16N2O3S/c1-3-4-9-18-11-5-7-12(8-6-11)19-15-10(2)13(16)14-17/h5-8,10,15,17H,9H2,1-2H3,(H,14,16)/t10-/m1/s1. The Morgan fingerprint density at radius 2 is 2.16 bits per heavy atom. The van der Waals surface area contributed by atoms with Gasteiger partial charge < -0.3 is 4.74 Å². The minimum Gasteiger partial charge on any atom is -0.481 e. The van der Waals surface area contributed by atoms with Crippen molar-refractivity contribution < 1.29 is 14.7 Å². The SMILES string of the molecule is CC#CCOc1ccc(SN[C@H](C)C(=O)NO)cc1. The van der Waals surface area contributed by atoms with E-state index < -0.39 is 11.9 Å². The normalized spacial score (nSPS) is 11.1. The zero-order valence-electron chi connectivity index (χ0n) is 10.8. The third-order valence-corrected chi connectivity index (χ3v) is 3.15. The lowest BCUT2D eigenvalue weighted by atomic mass is 10.3. The molecule has 6 heteroatoms. The molecule has 0 saturated heterocycles. The van der Waals surface area contributed by atoms with Gasteiger partial charge in [-0.15, -0.1) is 5.92 Å². The molecule has 1 amide bonds. The Bertz CT molecular complexity index is 465. The van der Waals surface area contributed by atoms with Crippen molar-refractivity contribution in [3.8, 4) is 17.6 Å². The van der Waals surface area contributed by atoms with E-state index in [1.54, 1.807) is 19.3 Å². The van der Waals surface area contributed by atoms with Crippen LogP contribution in [0.2, 0.25) is 0 Å². The summed E-state index contributed by atoms with van der Waals surface area (Å²) in [7, 11) is 0. The number of hydroxylamine groups is 1. The largest absolute Gasteiger partial charge is 0.481 e. The minimum atomic E-state index is -0.495. The van der Waals surface area contributed by atoms with E-state index in [0.717, 1.165) is 10.6 Å². The lowest BCUT2D eigenvalue weighted by Crippen LogP contribution is -2.37. The molecule has 0 fully saturated rings. The highest BCUT2D eigenvalue weighted by Crippen LogP contribution is 2.19. The summed E-state index contributed by atoms with van der Waals surface area (Å²) < 4.78 is 8.28. The van der Waals surface area contributed by atoms with E-state index in [4.69, 9.17) is 9.94 Å². The summed E-state index contributed by atoms with van der Waals surface area (Å²) in [5, 5.41) is 8.47. The number of hydrogen-bond donors (Lipinski definition) is 3. The van der Waals surface area contributed by atoms with Crippen LogP contribution in [0.15, 0.2) is 29.2 Å². The van der Waals surface area contributed by atoms with E-state index in [-0.39, 0.29) is 0 Å². The fourth-order valence-corrected chi connectivity index (χ4v) is 1.79. The zero-order valence-corrected chi connectivity index (χ0v) is 11.6. The number of nitrogens with one attached hydrogen (secondary N) is 2. The van der Waals surface area contributed by atoms with Crippen molar-refractivity contribution >= 4 is 17.9 Å². The topological polar surface area (TPSA) is 70.6 Å². The van der Waals surface area contributed by atoms with E-state index in [1.165, 1.54) is 11.9 Å². The van der Waals surface area contributed by atoms with Crippen LogP contribution in [0.4, 0.5) is 0 Å².